The summed E-state index contributed by atoms with van der Waals surface area (Å²) in [6.45, 7) is 1.26. The van der Waals surface area contributed by atoms with Crippen molar-refractivity contribution in [1.29, 1.82) is 0 Å². The van der Waals surface area contributed by atoms with Gasteiger partial charge >= 0.3 is 0 Å². The monoisotopic (exact) mass is 436 g/mol. The third kappa shape index (κ3) is 4.42. The predicted molar refractivity (Wildman–Crippen MR) is 122 cm³/mol. The summed E-state index contributed by atoms with van der Waals surface area (Å²) in [5.74, 6) is 2.60. The Hall–Kier alpha value is -3.48. The van der Waals surface area contributed by atoms with E-state index in [4.69, 9.17) is 18.9 Å². The number of rotatable bonds is 8. The first kappa shape index (κ1) is 21.7. The van der Waals surface area contributed by atoms with Gasteiger partial charge in [0, 0.05) is 31.0 Å². The first-order valence-corrected chi connectivity index (χ1v) is 10.7. The summed E-state index contributed by atoms with van der Waals surface area (Å²) in [7, 11) is 4.75. The highest BCUT2D eigenvalue weighted by molar-refractivity contribution is 5.84. The number of para-hydroxylation sites is 1. The fourth-order valence-corrected chi connectivity index (χ4v) is 4.16. The normalized spacial score (nSPS) is 15.6. The molecule has 0 unspecified atom stereocenters. The maximum Gasteiger partial charge on any atom is 0.223 e. The molecule has 1 saturated heterocycles. The Morgan fingerprint density at radius 2 is 1.81 bits per heavy atom. The molecule has 1 fully saturated rings. The number of aryl methyl sites for hydroxylation is 1. The van der Waals surface area contributed by atoms with Crippen molar-refractivity contribution in [3.63, 3.8) is 0 Å². The number of hydrogen-bond acceptors (Lipinski definition) is 6. The molecule has 1 aromatic heterocycles. The van der Waals surface area contributed by atoms with E-state index in [9.17, 15) is 4.79 Å². The lowest BCUT2D eigenvalue weighted by Crippen LogP contribution is -2.31. The summed E-state index contributed by atoms with van der Waals surface area (Å²) in [4.78, 5) is 19.2. The molecule has 1 amide bonds. The number of aromatic nitrogens is 1. The van der Waals surface area contributed by atoms with Crippen LogP contribution in [-0.2, 0) is 11.2 Å². The van der Waals surface area contributed by atoms with Crippen LogP contribution in [0.4, 0.5) is 0 Å². The van der Waals surface area contributed by atoms with Crippen molar-refractivity contribution in [3.05, 3.63) is 54.2 Å². The number of carbonyl (C=O) groups excluding carboxylic acids is 1. The Labute approximate surface area is 187 Å². The van der Waals surface area contributed by atoms with Crippen LogP contribution in [0, 0.1) is 0 Å². The van der Waals surface area contributed by atoms with Gasteiger partial charge in [0.05, 0.1) is 27.9 Å². The van der Waals surface area contributed by atoms with Gasteiger partial charge in [0.1, 0.15) is 17.4 Å². The summed E-state index contributed by atoms with van der Waals surface area (Å²) >= 11 is 0. The average molecular weight is 437 g/mol. The van der Waals surface area contributed by atoms with Crippen LogP contribution in [0.2, 0.25) is 0 Å². The van der Waals surface area contributed by atoms with Gasteiger partial charge in [-0.05, 0) is 30.2 Å². The minimum atomic E-state index is -0.0397. The van der Waals surface area contributed by atoms with Crippen LogP contribution in [-0.4, -0.2) is 56.3 Å². The van der Waals surface area contributed by atoms with Gasteiger partial charge in [0.15, 0.2) is 11.5 Å². The zero-order valence-electron chi connectivity index (χ0n) is 18.7. The van der Waals surface area contributed by atoms with Crippen LogP contribution in [0.25, 0.3) is 10.9 Å². The molecule has 0 spiro atoms. The van der Waals surface area contributed by atoms with Crippen LogP contribution >= 0.6 is 0 Å². The van der Waals surface area contributed by atoms with Crippen LogP contribution in [0.1, 0.15) is 18.4 Å². The van der Waals surface area contributed by atoms with Gasteiger partial charge in [-0.1, -0.05) is 24.3 Å². The van der Waals surface area contributed by atoms with Crippen molar-refractivity contribution in [2.24, 2.45) is 0 Å². The molecular weight excluding hydrogens is 408 g/mol. The average Bonchev–Trinajstić information content (AvgIpc) is 3.30. The van der Waals surface area contributed by atoms with Crippen LogP contribution in [0.15, 0.2) is 48.7 Å². The fraction of sp³-hybridized carbons (Fsp3) is 0.360. The summed E-state index contributed by atoms with van der Waals surface area (Å²) < 4.78 is 22.5. The summed E-state index contributed by atoms with van der Waals surface area (Å²) in [5, 5.41) is 1.04. The number of likely N-dealkylation sites (tertiary alicyclic amines) is 1. The Bertz CT molecular complexity index is 1100. The number of amides is 1. The molecule has 2 aromatic carbocycles. The summed E-state index contributed by atoms with van der Waals surface area (Å²) in [6, 6.07) is 13.6. The van der Waals surface area contributed by atoms with Gasteiger partial charge in [-0.15, -0.1) is 0 Å². The minimum Gasteiger partial charge on any atom is -0.493 e. The first-order chi connectivity index (χ1) is 15.6. The molecule has 168 valence electrons. The van der Waals surface area contributed by atoms with Crippen molar-refractivity contribution in [2.75, 3.05) is 34.4 Å². The maximum absolute atomic E-state index is 12.9. The highest BCUT2D eigenvalue weighted by Gasteiger charge is 2.28. The molecular formula is C25H28N2O5. The van der Waals surface area contributed by atoms with Gasteiger partial charge in [0.2, 0.25) is 11.7 Å². The third-order valence-electron chi connectivity index (χ3n) is 5.78. The molecule has 2 heterocycles. The number of fused-ring (bicyclic) bond motifs is 1. The molecule has 0 N–H and O–H groups in total. The number of methoxy groups -OCH3 is 3. The van der Waals surface area contributed by atoms with E-state index in [2.05, 4.69) is 4.98 Å². The molecule has 0 radical (unpaired) electrons. The molecule has 0 saturated carbocycles. The number of pyridine rings is 1. The Balaban J connectivity index is 1.37. The predicted octanol–water partition coefficient (Wildman–Crippen LogP) is 3.87. The zero-order valence-corrected chi connectivity index (χ0v) is 18.7. The summed E-state index contributed by atoms with van der Waals surface area (Å²) in [5.41, 5.74) is 1.76. The van der Waals surface area contributed by atoms with Gasteiger partial charge in [-0.3, -0.25) is 9.78 Å². The van der Waals surface area contributed by atoms with E-state index in [-0.39, 0.29) is 12.0 Å². The molecule has 4 rings (SSSR count). The number of hydrogen-bond donors (Lipinski definition) is 0. The maximum atomic E-state index is 12.9. The standard InChI is InChI=1S/C25H28N2O5/c1-29-21-11-9-18(24(30-2)25(21)31-3)10-12-22(28)27-15-13-19(16-27)32-20-8-4-6-17-7-5-14-26-23(17)20/h4-9,11,14,19H,10,12-13,15-16H2,1-3H3/t19-/m0/s1. The second-order valence-corrected chi connectivity index (χ2v) is 7.69. The van der Waals surface area contributed by atoms with Crippen molar-refractivity contribution >= 4 is 16.8 Å². The van der Waals surface area contributed by atoms with E-state index in [0.717, 1.165) is 28.6 Å². The number of carbonyl (C=O) groups is 1. The van der Waals surface area contributed by atoms with Gasteiger partial charge in [0.25, 0.3) is 0 Å². The lowest BCUT2D eigenvalue weighted by Gasteiger charge is -2.19. The Morgan fingerprint density at radius 3 is 2.59 bits per heavy atom. The number of benzene rings is 2. The lowest BCUT2D eigenvalue weighted by molar-refractivity contribution is -0.130. The van der Waals surface area contributed by atoms with Crippen molar-refractivity contribution in [2.45, 2.75) is 25.4 Å². The molecule has 1 atom stereocenters. The van der Waals surface area contributed by atoms with Gasteiger partial charge in [-0.2, -0.15) is 0 Å². The molecule has 0 bridgehead atoms. The highest BCUT2D eigenvalue weighted by atomic mass is 16.5. The quantitative estimate of drug-likeness (QED) is 0.534. The molecule has 0 aliphatic carbocycles. The second kappa shape index (κ2) is 9.77. The molecule has 1 aliphatic heterocycles. The second-order valence-electron chi connectivity index (χ2n) is 7.69. The van der Waals surface area contributed by atoms with Crippen LogP contribution in [0.5, 0.6) is 23.0 Å². The number of ether oxygens (including phenoxy) is 4. The van der Waals surface area contributed by atoms with Gasteiger partial charge in [-0.25, -0.2) is 0 Å². The van der Waals surface area contributed by atoms with E-state index in [1.165, 1.54) is 0 Å². The van der Waals surface area contributed by atoms with Crippen molar-refractivity contribution in [3.8, 4) is 23.0 Å². The Morgan fingerprint density at radius 1 is 1.00 bits per heavy atom. The van der Waals surface area contributed by atoms with E-state index >= 15 is 0 Å². The Kier molecular flexibility index (Phi) is 6.63. The van der Waals surface area contributed by atoms with Crippen LogP contribution < -0.4 is 18.9 Å². The van der Waals surface area contributed by atoms with Crippen molar-refractivity contribution < 1.29 is 23.7 Å². The minimum absolute atomic E-state index is 0.0397. The zero-order chi connectivity index (χ0) is 22.5. The topological polar surface area (TPSA) is 70.1 Å². The van der Waals surface area contributed by atoms with E-state index < -0.39 is 0 Å². The SMILES string of the molecule is COc1ccc(CCC(=O)N2CC[C@H](Oc3cccc4cccnc34)C2)c(OC)c1OC. The molecule has 7 nitrogen and oxygen atoms in total. The fourth-order valence-electron chi connectivity index (χ4n) is 4.16. The van der Waals surface area contributed by atoms with E-state index in [0.29, 0.717) is 43.2 Å². The lowest BCUT2D eigenvalue weighted by atomic mass is 10.1. The molecule has 32 heavy (non-hydrogen) atoms. The first-order valence-electron chi connectivity index (χ1n) is 10.7. The van der Waals surface area contributed by atoms with Crippen molar-refractivity contribution in [1.82, 2.24) is 9.88 Å². The number of nitrogens with zero attached hydrogens (tertiary/aromatic N) is 2. The third-order valence-corrected chi connectivity index (χ3v) is 5.78. The smallest absolute Gasteiger partial charge is 0.223 e. The molecule has 3 aromatic rings. The highest BCUT2D eigenvalue weighted by Crippen LogP contribution is 2.40. The largest absolute Gasteiger partial charge is 0.493 e. The van der Waals surface area contributed by atoms with Crippen LogP contribution in [0.3, 0.4) is 0 Å². The van der Waals surface area contributed by atoms with E-state index in [1.54, 1.807) is 27.5 Å². The summed E-state index contributed by atoms with van der Waals surface area (Å²) in [6.07, 6.45) is 3.46. The van der Waals surface area contributed by atoms with Gasteiger partial charge < -0.3 is 23.8 Å². The molecule has 7 heteroatoms. The van der Waals surface area contributed by atoms with E-state index in [1.807, 2.05) is 47.4 Å². The molecule has 1 aliphatic rings.